The molecule has 3 heteroatoms. The molecular weight excluding hydrogens is 266 g/mol. The van der Waals surface area contributed by atoms with Crippen LogP contribution < -0.4 is 5.32 Å². The molecule has 92 valence electrons. The highest BCUT2D eigenvalue weighted by molar-refractivity contribution is 9.09. The summed E-state index contributed by atoms with van der Waals surface area (Å²) in [4.78, 5) is 11.8. The molecule has 0 atom stereocenters. The van der Waals surface area contributed by atoms with Gasteiger partial charge >= 0.3 is 0 Å². The van der Waals surface area contributed by atoms with E-state index in [0.29, 0.717) is 0 Å². The van der Waals surface area contributed by atoms with Gasteiger partial charge in [-0.25, -0.2) is 0 Å². The molecule has 1 N–H and O–H groups in total. The van der Waals surface area contributed by atoms with E-state index in [2.05, 4.69) is 21.2 Å². The Morgan fingerprint density at radius 2 is 1.94 bits per heavy atom. The molecule has 16 heavy (non-hydrogen) atoms. The minimum Gasteiger partial charge on any atom is -0.350 e. The maximum absolute atomic E-state index is 11.8. The fourth-order valence-corrected chi connectivity index (χ4v) is 3.31. The quantitative estimate of drug-likeness (QED) is 0.772. The van der Waals surface area contributed by atoms with E-state index in [1.807, 2.05) is 0 Å². The predicted molar refractivity (Wildman–Crippen MR) is 69.7 cm³/mol. The van der Waals surface area contributed by atoms with Crippen molar-refractivity contribution in [3.63, 3.8) is 0 Å². The van der Waals surface area contributed by atoms with E-state index < -0.39 is 0 Å². The number of hydrogen-bond donors (Lipinski definition) is 1. The molecule has 2 nitrogen and oxygen atoms in total. The van der Waals surface area contributed by atoms with Crippen LogP contribution in [0.15, 0.2) is 0 Å². The Morgan fingerprint density at radius 3 is 2.50 bits per heavy atom. The van der Waals surface area contributed by atoms with Crippen LogP contribution in [0.3, 0.4) is 0 Å². The second kappa shape index (κ2) is 5.52. The van der Waals surface area contributed by atoms with Crippen LogP contribution in [-0.4, -0.2) is 16.8 Å². The number of nitrogens with one attached hydrogen (secondary N) is 1. The Morgan fingerprint density at radius 1 is 1.25 bits per heavy atom. The predicted octanol–water partition coefficient (Wildman–Crippen LogP) is 3.39. The van der Waals surface area contributed by atoms with Gasteiger partial charge in [0.1, 0.15) is 0 Å². The van der Waals surface area contributed by atoms with Gasteiger partial charge in [0.25, 0.3) is 0 Å². The number of halogens is 1. The highest BCUT2D eigenvalue weighted by atomic mass is 79.9. The van der Waals surface area contributed by atoms with Gasteiger partial charge in [-0.05, 0) is 25.2 Å². The molecule has 2 fully saturated rings. The molecule has 0 aromatic rings. The summed E-state index contributed by atoms with van der Waals surface area (Å²) in [5.74, 6) is 1.08. The van der Waals surface area contributed by atoms with Gasteiger partial charge in [0.15, 0.2) is 0 Å². The Hall–Kier alpha value is -0.0500. The highest BCUT2D eigenvalue weighted by Crippen LogP contribution is 2.37. The maximum Gasteiger partial charge on any atom is 0.220 e. The van der Waals surface area contributed by atoms with E-state index in [-0.39, 0.29) is 11.4 Å². The summed E-state index contributed by atoms with van der Waals surface area (Å²) >= 11 is 3.47. The first-order chi connectivity index (χ1) is 7.74. The van der Waals surface area contributed by atoms with Crippen molar-refractivity contribution < 1.29 is 4.79 Å². The normalized spacial score (nSPS) is 24.1. The third kappa shape index (κ3) is 3.47. The van der Waals surface area contributed by atoms with E-state index >= 15 is 0 Å². The lowest BCUT2D eigenvalue weighted by Crippen LogP contribution is -2.38. The smallest absolute Gasteiger partial charge is 0.220 e. The van der Waals surface area contributed by atoms with Gasteiger partial charge in [0.05, 0.1) is 0 Å². The van der Waals surface area contributed by atoms with Crippen LogP contribution in [0.5, 0.6) is 0 Å². The van der Waals surface area contributed by atoms with E-state index in [4.69, 9.17) is 0 Å². The summed E-state index contributed by atoms with van der Waals surface area (Å²) in [5, 5.41) is 4.08. The lowest BCUT2D eigenvalue weighted by Gasteiger charge is -2.21. The van der Waals surface area contributed by atoms with Crippen molar-refractivity contribution in [1.82, 2.24) is 5.32 Å². The van der Waals surface area contributed by atoms with Crippen molar-refractivity contribution in [1.29, 1.82) is 0 Å². The molecular formula is C13H22BrNO. The minimum atomic E-state index is 0.129. The lowest BCUT2D eigenvalue weighted by atomic mass is 9.86. The fraction of sp³-hybridized carbons (Fsp3) is 0.923. The zero-order chi connectivity index (χ0) is 11.4. The Labute approximate surface area is 107 Å². The molecule has 0 unspecified atom stereocenters. The van der Waals surface area contributed by atoms with Crippen LogP contribution in [0.4, 0.5) is 0 Å². The van der Waals surface area contributed by atoms with Crippen molar-refractivity contribution in [2.24, 2.45) is 5.92 Å². The molecule has 2 aliphatic carbocycles. The van der Waals surface area contributed by atoms with Gasteiger partial charge in [-0.2, -0.15) is 0 Å². The molecule has 1 amide bonds. The van der Waals surface area contributed by atoms with Gasteiger partial charge in [-0.3, -0.25) is 4.79 Å². The third-order valence-corrected chi connectivity index (χ3v) is 5.09. The van der Waals surface area contributed by atoms with Gasteiger partial charge in [0.2, 0.25) is 5.91 Å². The summed E-state index contributed by atoms with van der Waals surface area (Å²) < 4.78 is 0. The highest BCUT2D eigenvalue weighted by Gasteiger charge is 2.42. The molecule has 2 aliphatic rings. The van der Waals surface area contributed by atoms with E-state index in [0.717, 1.165) is 36.9 Å². The molecule has 2 saturated carbocycles. The average molecular weight is 288 g/mol. The molecule has 0 spiro atoms. The molecule has 0 bridgehead atoms. The van der Waals surface area contributed by atoms with Crippen molar-refractivity contribution in [2.75, 3.05) is 5.33 Å². The standard InChI is InChI=1S/C13H22BrNO/c14-10-13(8-9-13)15-12(16)7-6-11-4-2-1-3-5-11/h11H,1-10H2,(H,15,16). The summed E-state index contributed by atoms with van der Waals surface area (Å²) in [6.07, 6.45) is 11.0. The summed E-state index contributed by atoms with van der Waals surface area (Å²) in [7, 11) is 0. The van der Waals surface area contributed by atoms with E-state index in [9.17, 15) is 4.79 Å². The largest absolute Gasteiger partial charge is 0.350 e. The third-order valence-electron chi connectivity index (χ3n) is 4.02. The van der Waals surface area contributed by atoms with Crippen LogP contribution in [-0.2, 0) is 4.79 Å². The number of alkyl halides is 1. The van der Waals surface area contributed by atoms with E-state index in [1.54, 1.807) is 0 Å². The molecule has 0 heterocycles. The van der Waals surface area contributed by atoms with Crippen molar-refractivity contribution in [2.45, 2.75) is 63.3 Å². The second-order valence-corrected chi connectivity index (χ2v) is 6.07. The number of carbonyl (C=O) groups is 1. The zero-order valence-electron chi connectivity index (χ0n) is 9.93. The van der Waals surface area contributed by atoms with Gasteiger partial charge in [-0.15, -0.1) is 0 Å². The van der Waals surface area contributed by atoms with Crippen molar-refractivity contribution in [3.8, 4) is 0 Å². The number of amides is 1. The first-order valence-electron chi connectivity index (χ1n) is 6.61. The van der Waals surface area contributed by atoms with Gasteiger partial charge in [-0.1, -0.05) is 48.0 Å². The minimum absolute atomic E-state index is 0.129. The monoisotopic (exact) mass is 287 g/mol. The molecule has 0 radical (unpaired) electrons. The summed E-state index contributed by atoms with van der Waals surface area (Å²) in [6, 6.07) is 0. The molecule has 0 saturated heterocycles. The Balaban J connectivity index is 1.63. The zero-order valence-corrected chi connectivity index (χ0v) is 11.5. The van der Waals surface area contributed by atoms with E-state index in [1.165, 1.54) is 32.1 Å². The number of rotatable bonds is 5. The van der Waals surface area contributed by atoms with Gasteiger partial charge < -0.3 is 5.32 Å². The van der Waals surface area contributed by atoms with Crippen LogP contribution in [0, 0.1) is 5.92 Å². The first-order valence-corrected chi connectivity index (χ1v) is 7.73. The number of hydrogen-bond acceptors (Lipinski definition) is 1. The SMILES string of the molecule is O=C(CCC1CCCCC1)NC1(CBr)CC1. The Kier molecular flexibility index (Phi) is 4.28. The molecule has 0 aliphatic heterocycles. The summed E-state index contributed by atoms with van der Waals surface area (Å²) in [6.45, 7) is 0. The summed E-state index contributed by atoms with van der Waals surface area (Å²) in [5.41, 5.74) is 0.129. The average Bonchev–Trinajstić information content (AvgIpc) is 3.08. The maximum atomic E-state index is 11.8. The first kappa shape index (κ1) is 12.4. The fourth-order valence-electron chi connectivity index (χ4n) is 2.61. The molecule has 0 aromatic heterocycles. The molecule has 2 rings (SSSR count). The van der Waals surface area contributed by atoms with Crippen LogP contribution in [0.2, 0.25) is 0 Å². The van der Waals surface area contributed by atoms with Crippen LogP contribution >= 0.6 is 15.9 Å². The Bertz CT molecular complexity index is 244. The molecule has 0 aromatic carbocycles. The van der Waals surface area contributed by atoms with Crippen molar-refractivity contribution in [3.05, 3.63) is 0 Å². The van der Waals surface area contributed by atoms with Crippen molar-refractivity contribution >= 4 is 21.8 Å². The van der Waals surface area contributed by atoms with Crippen LogP contribution in [0.25, 0.3) is 0 Å². The lowest BCUT2D eigenvalue weighted by molar-refractivity contribution is -0.122. The van der Waals surface area contributed by atoms with Gasteiger partial charge in [0, 0.05) is 17.3 Å². The topological polar surface area (TPSA) is 29.1 Å². The second-order valence-electron chi connectivity index (χ2n) is 5.50. The van der Waals surface area contributed by atoms with Crippen LogP contribution in [0.1, 0.15) is 57.8 Å². The number of carbonyl (C=O) groups excluding carboxylic acids is 1.